The summed E-state index contributed by atoms with van der Waals surface area (Å²) in [6.07, 6.45) is -8.20. The first kappa shape index (κ1) is 18.0. The van der Waals surface area contributed by atoms with Gasteiger partial charge in [0.2, 0.25) is 0 Å². The molecule has 0 amide bonds. The Morgan fingerprint density at radius 3 is 2.35 bits per heavy atom. The van der Waals surface area contributed by atoms with Crippen LogP contribution in [0, 0.1) is 0 Å². The summed E-state index contributed by atoms with van der Waals surface area (Å²) in [5, 5.41) is 38.8. The average molecular weight is 354 g/mol. The minimum atomic E-state index is -5.10. The van der Waals surface area contributed by atoms with Crippen LogP contribution < -0.4 is 11.2 Å². The number of ether oxygens (including phenoxy) is 1. The summed E-state index contributed by atoms with van der Waals surface area (Å²) in [4.78, 5) is 42.2. The second-order valence-corrected chi connectivity index (χ2v) is 6.69. The molecule has 1 fully saturated rings. The first-order valence-corrected chi connectivity index (χ1v) is 7.96. The highest BCUT2D eigenvalue weighted by atomic mass is 31.2. The highest BCUT2D eigenvalue weighted by Crippen LogP contribution is 2.44. The Bertz CT molecular complexity index is 725. The zero-order valence-electron chi connectivity index (χ0n) is 11.3. The van der Waals surface area contributed by atoms with Gasteiger partial charge in [0.15, 0.2) is 12.1 Å². The molecule has 12 nitrogen and oxygen atoms in total. The van der Waals surface area contributed by atoms with Crippen LogP contribution in [0.1, 0.15) is 6.23 Å². The number of aliphatic hydroxyl groups excluding tert-OH is 4. The van der Waals surface area contributed by atoms with E-state index in [0.29, 0.717) is 4.57 Å². The lowest BCUT2D eigenvalue weighted by Crippen LogP contribution is -2.44. The summed E-state index contributed by atoms with van der Waals surface area (Å²) in [5.74, 6) is -2.56. The molecule has 1 unspecified atom stereocenters. The summed E-state index contributed by atoms with van der Waals surface area (Å²) >= 11 is 0. The van der Waals surface area contributed by atoms with Gasteiger partial charge >= 0.3 is 13.3 Å². The minimum Gasteiger partial charge on any atom is -0.387 e. The van der Waals surface area contributed by atoms with E-state index in [-0.39, 0.29) is 0 Å². The van der Waals surface area contributed by atoms with E-state index in [1.807, 2.05) is 4.98 Å². The predicted molar refractivity (Wildman–Crippen MR) is 71.3 cm³/mol. The van der Waals surface area contributed by atoms with Gasteiger partial charge < -0.3 is 34.9 Å². The number of H-pyrrole nitrogens is 1. The van der Waals surface area contributed by atoms with E-state index in [2.05, 4.69) is 0 Å². The number of aromatic nitrogens is 2. The Morgan fingerprint density at radius 2 is 1.83 bits per heavy atom. The fourth-order valence-electron chi connectivity index (χ4n) is 2.19. The smallest absolute Gasteiger partial charge is 0.356 e. The molecule has 0 bridgehead atoms. The molecule has 1 aliphatic heterocycles. The van der Waals surface area contributed by atoms with Crippen molar-refractivity contribution in [2.75, 3.05) is 0 Å². The Morgan fingerprint density at radius 1 is 1.22 bits per heavy atom. The molecule has 2 heterocycles. The van der Waals surface area contributed by atoms with Gasteiger partial charge in [-0.05, 0) is 0 Å². The molecule has 1 aromatic heterocycles. The van der Waals surface area contributed by atoms with E-state index < -0.39 is 55.3 Å². The van der Waals surface area contributed by atoms with Crippen molar-refractivity contribution in [3.63, 3.8) is 0 Å². The Kier molecular flexibility index (Phi) is 4.89. The van der Waals surface area contributed by atoms with E-state index in [0.717, 1.165) is 12.3 Å². The minimum absolute atomic E-state index is 0.714. The van der Waals surface area contributed by atoms with Crippen molar-refractivity contribution in [1.82, 2.24) is 9.55 Å². The monoisotopic (exact) mass is 354 g/mol. The summed E-state index contributed by atoms with van der Waals surface area (Å²) in [6.45, 7) is 0. The zero-order valence-corrected chi connectivity index (χ0v) is 12.2. The van der Waals surface area contributed by atoms with Crippen molar-refractivity contribution < 1.29 is 39.5 Å². The van der Waals surface area contributed by atoms with Crippen molar-refractivity contribution in [3.05, 3.63) is 33.1 Å². The fourth-order valence-corrected chi connectivity index (χ4v) is 2.76. The molecule has 1 aliphatic rings. The van der Waals surface area contributed by atoms with Crippen LogP contribution in [0.5, 0.6) is 0 Å². The topological polar surface area (TPSA) is 203 Å². The van der Waals surface area contributed by atoms with E-state index in [1.165, 1.54) is 0 Å². The van der Waals surface area contributed by atoms with Crippen molar-refractivity contribution in [1.29, 1.82) is 0 Å². The third-order valence-corrected chi connectivity index (χ3v) is 4.38. The molecule has 7 N–H and O–H groups in total. The molecular weight excluding hydrogens is 339 g/mol. The molecule has 1 aromatic rings. The lowest BCUT2D eigenvalue weighted by Gasteiger charge is -2.25. The maximum Gasteiger partial charge on any atom is 0.356 e. The number of hydrogen-bond acceptors (Lipinski definition) is 8. The standard InChI is InChI=1S/C10H15N2O10P/c13-3-1-2-12(10(18)11-3)8-5(15)4(14)7(22-8)6(16)9(17)23(19,20)21/h1-2,4-9,14-17H,(H,11,13,18)(H2,19,20,21)/t4-,5+,6-,7-,8+,9?/m0/s1. The number of aromatic amines is 1. The number of hydrogen-bond donors (Lipinski definition) is 7. The van der Waals surface area contributed by atoms with E-state index >= 15 is 0 Å². The highest BCUT2D eigenvalue weighted by Gasteiger charge is 2.51. The van der Waals surface area contributed by atoms with Crippen LogP contribution in [0.4, 0.5) is 0 Å². The van der Waals surface area contributed by atoms with Crippen LogP contribution in [0.25, 0.3) is 0 Å². The number of aliphatic hydroxyl groups is 4. The van der Waals surface area contributed by atoms with Crippen molar-refractivity contribution in [2.24, 2.45) is 0 Å². The van der Waals surface area contributed by atoms with Crippen LogP contribution in [0.2, 0.25) is 0 Å². The van der Waals surface area contributed by atoms with Crippen LogP contribution in [0.3, 0.4) is 0 Å². The quantitative estimate of drug-likeness (QED) is 0.261. The maximum absolute atomic E-state index is 11.6. The van der Waals surface area contributed by atoms with Gasteiger partial charge in [-0.2, -0.15) is 0 Å². The molecule has 0 spiro atoms. The molecule has 13 heteroatoms. The Hall–Kier alpha value is -1.37. The summed E-state index contributed by atoms with van der Waals surface area (Å²) in [7, 11) is -5.10. The third-order valence-electron chi connectivity index (χ3n) is 3.39. The molecule has 1 saturated heterocycles. The van der Waals surface area contributed by atoms with Crippen molar-refractivity contribution in [3.8, 4) is 0 Å². The normalized spacial score (nSPS) is 31.0. The molecule has 0 aromatic carbocycles. The first-order chi connectivity index (χ1) is 10.5. The van der Waals surface area contributed by atoms with Crippen molar-refractivity contribution >= 4 is 7.60 Å². The number of nitrogens with one attached hydrogen (secondary N) is 1. The van der Waals surface area contributed by atoms with Crippen molar-refractivity contribution in [2.45, 2.75) is 36.5 Å². The van der Waals surface area contributed by atoms with Gasteiger partial charge in [-0.25, -0.2) is 4.79 Å². The zero-order chi connectivity index (χ0) is 17.5. The van der Waals surface area contributed by atoms with Gasteiger partial charge in [0.1, 0.15) is 24.4 Å². The van der Waals surface area contributed by atoms with Gasteiger partial charge in [-0.3, -0.25) is 18.9 Å². The largest absolute Gasteiger partial charge is 0.387 e. The number of nitrogens with zero attached hydrogens (tertiary/aromatic N) is 1. The average Bonchev–Trinajstić information content (AvgIpc) is 2.73. The molecule has 130 valence electrons. The van der Waals surface area contributed by atoms with Gasteiger partial charge in [0.25, 0.3) is 5.56 Å². The van der Waals surface area contributed by atoms with Crippen LogP contribution in [-0.2, 0) is 9.30 Å². The lowest BCUT2D eigenvalue weighted by atomic mass is 10.1. The van der Waals surface area contributed by atoms with E-state index in [4.69, 9.17) is 14.5 Å². The second kappa shape index (κ2) is 6.26. The third kappa shape index (κ3) is 3.44. The Balaban J connectivity index is 2.29. The van der Waals surface area contributed by atoms with Crippen LogP contribution in [-0.4, -0.2) is 70.0 Å². The summed E-state index contributed by atoms with van der Waals surface area (Å²) in [6, 6.07) is 0.943. The van der Waals surface area contributed by atoms with Crippen LogP contribution in [0.15, 0.2) is 21.9 Å². The fraction of sp³-hybridized carbons (Fsp3) is 0.600. The van der Waals surface area contributed by atoms with E-state index in [1.54, 1.807) is 0 Å². The van der Waals surface area contributed by atoms with Crippen LogP contribution >= 0.6 is 7.60 Å². The molecular formula is C10H15N2O10P. The van der Waals surface area contributed by atoms with Gasteiger partial charge in [-0.15, -0.1) is 0 Å². The van der Waals surface area contributed by atoms with Gasteiger partial charge in [0, 0.05) is 12.3 Å². The molecule has 0 aliphatic carbocycles. The lowest BCUT2D eigenvalue weighted by molar-refractivity contribution is -0.109. The molecule has 0 saturated carbocycles. The highest BCUT2D eigenvalue weighted by molar-refractivity contribution is 7.52. The summed E-state index contributed by atoms with van der Waals surface area (Å²) in [5.41, 5.74) is -1.69. The summed E-state index contributed by atoms with van der Waals surface area (Å²) < 4.78 is 16.7. The second-order valence-electron chi connectivity index (χ2n) is 4.98. The molecule has 6 atom stereocenters. The van der Waals surface area contributed by atoms with Gasteiger partial charge in [-0.1, -0.05) is 0 Å². The van der Waals surface area contributed by atoms with E-state index in [9.17, 15) is 34.6 Å². The first-order valence-electron chi connectivity index (χ1n) is 6.28. The molecule has 23 heavy (non-hydrogen) atoms. The molecule has 0 radical (unpaired) electrons. The SMILES string of the molecule is O=c1ccn([C@@H]2O[C@H]([C@H](O)C(O)P(=O)(O)O)[C@@H](O)[C@H]2O)c(=O)[nH]1. The number of rotatable bonds is 4. The maximum atomic E-state index is 11.6. The van der Waals surface area contributed by atoms with Gasteiger partial charge in [0.05, 0.1) is 0 Å². The molecule has 2 rings (SSSR count). The predicted octanol–water partition coefficient (Wildman–Crippen LogP) is -3.99. The Labute approximate surface area is 127 Å².